The number of benzene rings is 4. The third kappa shape index (κ3) is 5.45. The summed E-state index contributed by atoms with van der Waals surface area (Å²) in [7, 11) is -8.91. The molecule has 0 aromatic heterocycles. The van der Waals surface area contributed by atoms with Gasteiger partial charge in [0.05, 0.1) is 15.5 Å². The molecule has 0 bridgehead atoms. The number of sulfonamides is 2. The fraction of sp³-hybridized carbons (Fsp3) is 0.143. The summed E-state index contributed by atoms with van der Waals surface area (Å²) in [6, 6.07) is 26.0. The van der Waals surface area contributed by atoms with Crippen LogP contribution in [0.25, 0.3) is 0 Å². The molecule has 6 nitrogen and oxygen atoms in total. The summed E-state index contributed by atoms with van der Waals surface area (Å²) in [5.74, 6) is 0.487. The van der Waals surface area contributed by atoms with Crippen molar-refractivity contribution >= 4 is 25.7 Å². The van der Waals surface area contributed by atoms with Gasteiger partial charge in [0.1, 0.15) is 12.4 Å². The van der Waals surface area contributed by atoms with Crippen LogP contribution in [-0.2, 0) is 26.7 Å². The van der Waals surface area contributed by atoms with Crippen molar-refractivity contribution in [3.63, 3.8) is 0 Å². The molecule has 0 aliphatic carbocycles. The SMILES string of the molecule is Cc1ccc(S(=O)(=O)N(c2ccc(OCc3cccc(C)c3)cc2)S(=O)(=O)c2ccc(C)cc2)cc1. The molecule has 0 saturated heterocycles. The second kappa shape index (κ2) is 10.2. The van der Waals surface area contributed by atoms with Gasteiger partial charge in [0.25, 0.3) is 20.0 Å². The topological polar surface area (TPSA) is 80.8 Å². The van der Waals surface area contributed by atoms with Gasteiger partial charge in [-0.15, -0.1) is 0 Å². The third-order valence-electron chi connectivity index (χ3n) is 5.61. The molecule has 0 aliphatic heterocycles. The van der Waals surface area contributed by atoms with Crippen LogP contribution in [-0.4, -0.2) is 16.8 Å². The second-order valence-electron chi connectivity index (χ2n) is 8.60. The maximum absolute atomic E-state index is 13.7. The predicted molar refractivity (Wildman–Crippen MR) is 141 cm³/mol. The second-order valence-corrected chi connectivity index (χ2v) is 12.4. The van der Waals surface area contributed by atoms with Gasteiger partial charge >= 0.3 is 0 Å². The highest BCUT2D eigenvalue weighted by molar-refractivity contribution is 8.10. The highest BCUT2D eigenvalue weighted by atomic mass is 32.3. The Morgan fingerprint density at radius 3 is 1.58 bits per heavy atom. The first-order valence-corrected chi connectivity index (χ1v) is 14.2. The van der Waals surface area contributed by atoms with E-state index >= 15 is 0 Å². The fourth-order valence-corrected chi connectivity index (χ4v) is 7.34. The minimum Gasteiger partial charge on any atom is -0.489 e. The smallest absolute Gasteiger partial charge is 0.277 e. The van der Waals surface area contributed by atoms with Gasteiger partial charge in [-0.25, -0.2) is 16.8 Å². The van der Waals surface area contributed by atoms with Gasteiger partial charge in [0.2, 0.25) is 0 Å². The Balaban J connectivity index is 1.73. The first kappa shape index (κ1) is 25.5. The van der Waals surface area contributed by atoms with Crippen molar-refractivity contribution in [3.8, 4) is 5.75 Å². The molecule has 0 saturated carbocycles. The molecule has 0 amide bonds. The molecule has 0 atom stereocenters. The first-order chi connectivity index (χ1) is 17.1. The molecule has 186 valence electrons. The van der Waals surface area contributed by atoms with Crippen LogP contribution in [0.3, 0.4) is 0 Å². The summed E-state index contributed by atoms with van der Waals surface area (Å²) in [6.07, 6.45) is 0. The van der Waals surface area contributed by atoms with Crippen LogP contribution in [0.15, 0.2) is 107 Å². The van der Waals surface area contributed by atoms with Gasteiger partial charge in [0.15, 0.2) is 0 Å². The molecule has 0 radical (unpaired) electrons. The summed E-state index contributed by atoms with van der Waals surface area (Å²) in [4.78, 5) is -0.243. The number of rotatable bonds is 8. The molecular formula is C28H27NO5S2. The number of ether oxygens (including phenoxy) is 1. The molecule has 0 N–H and O–H groups in total. The standard InChI is InChI=1S/C28H27NO5S2/c1-21-7-15-27(16-8-21)35(30,31)29(36(32,33)28-17-9-22(2)10-18-28)25-11-13-26(14-12-25)34-20-24-6-4-5-23(3)19-24/h4-19H,20H2,1-3H3. The van der Waals surface area contributed by atoms with E-state index in [2.05, 4.69) is 0 Å². The lowest BCUT2D eigenvalue weighted by Crippen LogP contribution is -2.37. The fourth-order valence-electron chi connectivity index (χ4n) is 3.65. The first-order valence-electron chi connectivity index (χ1n) is 11.3. The zero-order valence-electron chi connectivity index (χ0n) is 20.2. The average molecular weight is 522 g/mol. The van der Waals surface area contributed by atoms with Gasteiger partial charge in [-0.05, 0) is 74.9 Å². The monoisotopic (exact) mass is 521 g/mol. The Morgan fingerprint density at radius 1 is 0.611 bits per heavy atom. The predicted octanol–water partition coefficient (Wildman–Crippen LogP) is 5.78. The number of nitrogens with zero attached hydrogens (tertiary/aromatic N) is 1. The normalized spacial score (nSPS) is 11.8. The molecular weight excluding hydrogens is 494 g/mol. The van der Waals surface area contributed by atoms with Crippen molar-refractivity contribution in [2.45, 2.75) is 37.2 Å². The van der Waals surface area contributed by atoms with Crippen LogP contribution in [0.5, 0.6) is 5.75 Å². The van der Waals surface area contributed by atoms with E-state index in [1.165, 1.54) is 36.4 Å². The molecule has 0 aliphatic rings. The van der Waals surface area contributed by atoms with Crippen molar-refractivity contribution in [2.75, 3.05) is 3.71 Å². The lowest BCUT2D eigenvalue weighted by molar-refractivity contribution is 0.306. The number of hydrogen-bond acceptors (Lipinski definition) is 5. The highest BCUT2D eigenvalue weighted by Crippen LogP contribution is 2.32. The Hall–Kier alpha value is -3.62. The summed E-state index contributed by atoms with van der Waals surface area (Å²) in [5.41, 5.74) is 3.81. The number of aryl methyl sites for hydroxylation is 3. The van der Waals surface area contributed by atoms with E-state index in [-0.39, 0.29) is 15.5 Å². The minimum absolute atomic E-state index is 0.0148. The molecule has 0 heterocycles. The summed E-state index contributed by atoms with van der Waals surface area (Å²) in [5, 5.41) is 0. The molecule has 36 heavy (non-hydrogen) atoms. The zero-order chi connectivity index (χ0) is 25.9. The van der Waals surface area contributed by atoms with Crippen molar-refractivity contribution in [1.82, 2.24) is 0 Å². The lowest BCUT2D eigenvalue weighted by Gasteiger charge is -2.24. The third-order valence-corrected chi connectivity index (χ3v) is 9.82. The summed E-state index contributed by atoms with van der Waals surface area (Å²) >= 11 is 0. The molecule has 0 unspecified atom stereocenters. The Kier molecular flexibility index (Phi) is 7.19. The Morgan fingerprint density at radius 2 is 1.11 bits per heavy atom. The van der Waals surface area contributed by atoms with Gasteiger partial charge in [-0.1, -0.05) is 65.2 Å². The van der Waals surface area contributed by atoms with E-state index in [0.717, 1.165) is 22.3 Å². The minimum atomic E-state index is -4.46. The highest BCUT2D eigenvalue weighted by Gasteiger charge is 2.37. The van der Waals surface area contributed by atoms with Crippen LogP contribution in [0.4, 0.5) is 5.69 Å². The quantitative estimate of drug-likeness (QED) is 0.294. The van der Waals surface area contributed by atoms with E-state index in [1.807, 2.05) is 45.0 Å². The van der Waals surface area contributed by atoms with Crippen molar-refractivity contribution in [2.24, 2.45) is 0 Å². The van der Waals surface area contributed by atoms with E-state index < -0.39 is 20.0 Å². The van der Waals surface area contributed by atoms with Crippen LogP contribution < -0.4 is 8.45 Å². The number of hydrogen-bond donors (Lipinski definition) is 0. The average Bonchev–Trinajstić information content (AvgIpc) is 2.84. The van der Waals surface area contributed by atoms with E-state index in [1.54, 1.807) is 36.4 Å². The largest absolute Gasteiger partial charge is 0.489 e. The molecule has 4 aromatic rings. The molecule has 0 fully saturated rings. The van der Waals surface area contributed by atoms with Crippen LogP contribution >= 0.6 is 0 Å². The summed E-state index contributed by atoms with van der Waals surface area (Å²) in [6.45, 7) is 5.98. The van der Waals surface area contributed by atoms with Gasteiger partial charge < -0.3 is 4.74 Å². The molecule has 0 spiro atoms. The van der Waals surface area contributed by atoms with E-state index in [4.69, 9.17) is 4.74 Å². The maximum atomic E-state index is 13.7. The molecule has 4 rings (SSSR count). The van der Waals surface area contributed by atoms with Crippen molar-refractivity contribution in [3.05, 3.63) is 119 Å². The maximum Gasteiger partial charge on any atom is 0.277 e. The Labute approximate surface area is 212 Å². The number of anilines is 1. The molecule has 4 aromatic carbocycles. The van der Waals surface area contributed by atoms with Crippen LogP contribution in [0, 0.1) is 20.8 Å². The van der Waals surface area contributed by atoms with Crippen LogP contribution in [0.1, 0.15) is 22.3 Å². The van der Waals surface area contributed by atoms with Gasteiger partial charge in [-0.3, -0.25) is 0 Å². The summed E-state index contributed by atoms with van der Waals surface area (Å²) < 4.78 is 61.0. The van der Waals surface area contributed by atoms with Crippen LogP contribution in [0.2, 0.25) is 0 Å². The van der Waals surface area contributed by atoms with Crippen molar-refractivity contribution in [1.29, 1.82) is 0 Å². The molecule has 8 heteroatoms. The Bertz CT molecular complexity index is 1490. The van der Waals surface area contributed by atoms with Gasteiger partial charge in [-0.2, -0.15) is 3.71 Å². The van der Waals surface area contributed by atoms with E-state index in [9.17, 15) is 16.8 Å². The van der Waals surface area contributed by atoms with Gasteiger partial charge in [0, 0.05) is 0 Å². The zero-order valence-corrected chi connectivity index (χ0v) is 21.9. The van der Waals surface area contributed by atoms with Crippen molar-refractivity contribution < 1.29 is 21.6 Å². The van der Waals surface area contributed by atoms with E-state index in [0.29, 0.717) is 16.1 Å². The lowest BCUT2D eigenvalue weighted by atomic mass is 10.1.